The highest BCUT2D eigenvalue weighted by Gasteiger charge is 2.16. The first-order valence-electron chi connectivity index (χ1n) is 8.51. The summed E-state index contributed by atoms with van der Waals surface area (Å²) in [5.74, 6) is 0.998. The first kappa shape index (κ1) is 21.3. The minimum absolute atomic E-state index is 0.998. The highest BCUT2D eigenvalue weighted by atomic mass is 32.2. The van der Waals surface area contributed by atoms with Crippen molar-refractivity contribution in [3.05, 3.63) is 23.8 Å². The molecule has 22 heavy (non-hydrogen) atoms. The second kappa shape index (κ2) is 12.8. The van der Waals surface area contributed by atoms with Crippen LogP contribution in [0.2, 0.25) is 0 Å². The predicted molar refractivity (Wildman–Crippen MR) is 100.0 cm³/mol. The first-order chi connectivity index (χ1) is 10.7. The molecule has 0 saturated carbocycles. The summed E-state index contributed by atoms with van der Waals surface area (Å²) in [6, 6.07) is 6.53. The van der Waals surface area contributed by atoms with Crippen molar-refractivity contribution in [2.45, 2.75) is 45.9 Å². The topological polar surface area (TPSA) is 15.7 Å². The van der Waals surface area contributed by atoms with E-state index in [0.29, 0.717) is 0 Å². The molecule has 4 heteroatoms. The summed E-state index contributed by atoms with van der Waals surface area (Å²) in [6.45, 7) is 14.7. The number of rotatable bonds is 4. The van der Waals surface area contributed by atoms with Crippen LogP contribution in [0, 0.1) is 0 Å². The lowest BCUT2D eigenvalue weighted by molar-refractivity contribution is 0.233. The molecule has 1 aromatic rings. The zero-order valence-corrected chi connectivity index (χ0v) is 16.3. The maximum absolute atomic E-state index is 5.49. The fourth-order valence-electron chi connectivity index (χ4n) is 2.03. The quantitative estimate of drug-likeness (QED) is 0.753. The van der Waals surface area contributed by atoms with E-state index in [1.54, 1.807) is 7.11 Å². The van der Waals surface area contributed by atoms with E-state index in [1.165, 1.54) is 10.5 Å². The third-order valence-corrected chi connectivity index (χ3v) is 4.48. The van der Waals surface area contributed by atoms with Crippen molar-refractivity contribution in [3.63, 3.8) is 0 Å². The molecule has 1 heterocycles. The zero-order chi connectivity index (χ0) is 17.0. The van der Waals surface area contributed by atoms with Crippen LogP contribution < -0.4 is 4.74 Å². The molecule has 1 aliphatic rings. The maximum Gasteiger partial charge on any atom is 0.134 e. The van der Waals surface area contributed by atoms with Gasteiger partial charge in [-0.25, -0.2) is 4.31 Å². The number of methoxy groups -OCH3 is 1. The number of benzene rings is 1. The Morgan fingerprint density at radius 1 is 1.05 bits per heavy atom. The summed E-state index contributed by atoms with van der Waals surface area (Å²) < 4.78 is 7.91. The largest absolute Gasteiger partial charge is 0.496 e. The predicted octanol–water partition coefficient (Wildman–Crippen LogP) is 4.56. The van der Waals surface area contributed by atoms with E-state index in [4.69, 9.17) is 4.74 Å². The Labute approximate surface area is 142 Å². The monoisotopic (exact) mass is 326 g/mol. The summed E-state index contributed by atoms with van der Waals surface area (Å²) in [5, 5.41) is 0. The summed E-state index contributed by atoms with van der Waals surface area (Å²) in [6.07, 6.45) is 1.05. The van der Waals surface area contributed by atoms with E-state index in [2.05, 4.69) is 41.4 Å². The van der Waals surface area contributed by atoms with Crippen molar-refractivity contribution < 1.29 is 4.74 Å². The van der Waals surface area contributed by atoms with Gasteiger partial charge in [0, 0.05) is 26.2 Å². The number of piperazine rings is 1. The Hall–Kier alpha value is -0.710. The van der Waals surface area contributed by atoms with Crippen molar-refractivity contribution in [1.29, 1.82) is 0 Å². The van der Waals surface area contributed by atoms with Gasteiger partial charge in [0.1, 0.15) is 5.75 Å². The summed E-state index contributed by atoms with van der Waals surface area (Å²) in [5.41, 5.74) is 1.33. The van der Waals surface area contributed by atoms with Crippen LogP contribution in [0.4, 0.5) is 0 Å². The number of ether oxygens (including phenoxy) is 1. The normalized spacial score (nSPS) is 15.2. The summed E-state index contributed by atoms with van der Waals surface area (Å²) in [7, 11) is 3.93. The van der Waals surface area contributed by atoms with Crippen molar-refractivity contribution in [2.24, 2.45) is 0 Å². The molecule has 0 N–H and O–H groups in total. The van der Waals surface area contributed by atoms with Gasteiger partial charge in [0.05, 0.1) is 12.0 Å². The standard InChI is InChI=1S/C14H22N2OS.2C2H6/c1-4-12-5-6-14(13(11-12)17-3)18-16-9-7-15(2)8-10-16;2*1-2/h5-6,11H,4,7-10H2,1-3H3;2*1-2H3. The molecule has 0 aliphatic carbocycles. The van der Waals surface area contributed by atoms with E-state index in [0.717, 1.165) is 38.3 Å². The number of hydrogen-bond acceptors (Lipinski definition) is 4. The van der Waals surface area contributed by atoms with Gasteiger partial charge in [-0.1, -0.05) is 40.7 Å². The summed E-state index contributed by atoms with van der Waals surface area (Å²) >= 11 is 1.82. The van der Waals surface area contributed by atoms with Crippen LogP contribution in [0.15, 0.2) is 23.1 Å². The third-order valence-electron chi connectivity index (χ3n) is 3.33. The van der Waals surface area contributed by atoms with E-state index in [1.807, 2.05) is 39.6 Å². The Balaban J connectivity index is 0.00000102. The van der Waals surface area contributed by atoms with Crippen LogP contribution in [-0.2, 0) is 6.42 Å². The van der Waals surface area contributed by atoms with Crippen molar-refractivity contribution in [3.8, 4) is 5.75 Å². The molecule has 128 valence electrons. The molecule has 0 radical (unpaired) electrons. The summed E-state index contributed by atoms with van der Waals surface area (Å²) in [4.78, 5) is 3.59. The zero-order valence-electron chi connectivity index (χ0n) is 15.5. The Bertz CT molecular complexity index is 391. The van der Waals surface area contributed by atoms with Gasteiger partial charge in [-0.3, -0.25) is 0 Å². The van der Waals surface area contributed by atoms with Crippen molar-refractivity contribution in [1.82, 2.24) is 9.21 Å². The molecule has 2 rings (SSSR count). The van der Waals surface area contributed by atoms with Crippen molar-refractivity contribution in [2.75, 3.05) is 40.3 Å². The minimum atomic E-state index is 0.998. The number of aryl methyl sites for hydroxylation is 1. The molecule has 0 amide bonds. The van der Waals surface area contributed by atoms with Gasteiger partial charge in [-0.2, -0.15) is 0 Å². The van der Waals surface area contributed by atoms with E-state index >= 15 is 0 Å². The molecule has 1 saturated heterocycles. The van der Waals surface area contributed by atoms with Gasteiger partial charge in [0.2, 0.25) is 0 Å². The molecule has 0 aromatic heterocycles. The fraction of sp³-hybridized carbons (Fsp3) is 0.667. The second-order valence-corrected chi connectivity index (χ2v) is 5.80. The SMILES string of the molecule is CC.CC.CCc1ccc(SN2CCN(C)CC2)c(OC)c1. The number of likely N-dealkylation sites (N-methyl/N-ethyl adjacent to an activating group) is 1. The van der Waals surface area contributed by atoms with Crippen molar-refractivity contribution >= 4 is 11.9 Å². The highest BCUT2D eigenvalue weighted by molar-refractivity contribution is 7.97. The van der Waals surface area contributed by atoms with Gasteiger partial charge in [0.15, 0.2) is 0 Å². The smallest absolute Gasteiger partial charge is 0.134 e. The van der Waals surface area contributed by atoms with Crippen LogP contribution >= 0.6 is 11.9 Å². The van der Waals surface area contributed by atoms with Crippen LogP contribution in [0.1, 0.15) is 40.2 Å². The molecular formula is C18H34N2OS. The van der Waals surface area contributed by atoms with Crippen LogP contribution in [0.5, 0.6) is 5.75 Å². The third kappa shape index (κ3) is 7.03. The maximum atomic E-state index is 5.49. The average molecular weight is 327 g/mol. The Morgan fingerprint density at radius 2 is 1.64 bits per heavy atom. The van der Waals surface area contributed by atoms with Crippen LogP contribution in [-0.4, -0.2) is 49.5 Å². The van der Waals surface area contributed by atoms with Crippen LogP contribution in [0.25, 0.3) is 0 Å². The van der Waals surface area contributed by atoms with E-state index in [-0.39, 0.29) is 0 Å². The molecule has 1 aliphatic heterocycles. The van der Waals surface area contributed by atoms with Gasteiger partial charge in [0.25, 0.3) is 0 Å². The van der Waals surface area contributed by atoms with Crippen LogP contribution in [0.3, 0.4) is 0 Å². The van der Waals surface area contributed by atoms with Gasteiger partial charge in [-0.05, 0) is 43.1 Å². The lowest BCUT2D eigenvalue weighted by Gasteiger charge is -2.31. The molecule has 1 fully saturated rings. The van der Waals surface area contributed by atoms with Gasteiger partial charge >= 0.3 is 0 Å². The fourth-order valence-corrected chi connectivity index (χ4v) is 3.01. The lowest BCUT2D eigenvalue weighted by atomic mass is 10.2. The lowest BCUT2D eigenvalue weighted by Crippen LogP contribution is -2.40. The molecule has 0 atom stereocenters. The Kier molecular flexibility index (Phi) is 12.4. The first-order valence-corrected chi connectivity index (χ1v) is 9.28. The van der Waals surface area contributed by atoms with Gasteiger partial charge < -0.3 is 9.64 Å². The van der Waals surface area contributed by atoms with E-state index < -0.39 is 0 Å². The molecule has 3 nitrogen and oxygen atoms in total. The molecular weight excluding hydrogens is 292 g/mol. The highest BCUT2D eigenvalue weighted by Crippen LogP contribution is 2.33. The molecule has 1 aromatic carbocycles. The average Bonchev–Trinajstić information content (AvgIpc) is 2.60. The number of nitrogens with zero attached hydrogens (tertiary/aromatic N) is 2. The molecule has 0 spiro atoms. The number of hydrogen-bond donors (Lipinski definition) is 0. The molecule has 0 unspecified atom stereocenters. The van der Waals surface area contributed by atoms with E-state index in [9.17, 15) is 0 Å². The second-order valence-electron chi connectivity index (χ2n) is 4.66. The minimum Gasteiger partial charge on any atom is -0.496 e. The Morgan fingerprint density at radius 3 is 2.14 bits per heavy atom. The van der Waals surface area contributed by atoms with Gasteiger partial charge in [-0.15, -0.1) is 0 Å². The molecule has 0 bridgehead atoms.